The molecule has 0 bridgehead atoms. The zero-order valence-electron chi connectivity index (χ0n) is 12.2. The standard InChI is InChI=1S/C16H18N2O2/c1-9(2)19-14-6-5-12(7-10(14)3)15-11(4)20-16(18)13(15)8-17/h5-7,9H,18H2,1-4H3. The molecule has 0 amide bonds. The van der Waals surface area contributed by atoms with E-state index in [0.29, 0.717) is 11.3 Å². The molecule has 0 aliphatic heterocycles. The summed E-state index contributed by atoms with van der Waals surface area (Å²) < 4.78 is 11.1. The van der Waals surface area contributed by atoms with E-state index in [1.54, 1.807) is 6.92 Å². The Morgan fingerprint density at radius 2 is 2.00 bits per heavy atom. The molecule has 2 aromatic rings. The molecule has 0 fully saturated rings. The van der Waals surface area contributed by atoms with Gasteiger partial charge in [-0.3, -0.25) is 0 Å². The van der Waals surface area contributed by atoms with Crippen LogP contribution in [-0.4, -0.2) is 6.10 Å². The van der Waals surface area contributed by atoms with E-state index in [4.69, 9.17) is 14.9 Å². The van der Waals surface area contributed by atoms with E-state index in [0.717, 1.165) is 22.4 Å². The molecule has 0 aliphatic carbocycles. The van der Waals surface area contributed by atoms with E-state index in [1.807, 2.05) is 39.0 Å². The number of ether oxygens (including phenoxy) is 1. The van der Waals surface area contributed by atoms with E-state index in [-0.39, 0.29) is 12.0 Å². The summed E-state index contributed by atoms with van der Waals surface area (Å²) in [5, 5.41) is 9.20. The van der Waals surface area contributed by atoms with Crippen molar-refractivity contribution in [2.24, 2.45) is 0 Å². The van der Waals surface area contributed by atoms with Gasteiger partial charge in [0.2, 0.25) is 5.88 Å². The minimum atomic E-state index is 0.125. The van der Waals surface area contributed by atoms with Crippen LogP contribution in [-0.2, 0) is 0 Å². The van der Waals surface area contributed by atoms with Crippen molar-refractivity contribution in [3.63, 3.8) is 0 Å². The zero-order chi connectivity index (χ0) is 14.9. The molecular formula is C16H18N2O2. The van der Waals surface area contributed by atoms with Crippen LogP contribution in [0.2, 0.25) is 0 Å². The monoisotopic (exact) mass is 270 g/mol. The van der Waals surface area contributed by atoms with Crippen LogP contribution in [0.5, 0.6) is 5.75 Å². The molecule has 4 heteroatoms. The second kappa shape index (κ2) is 5.30. The summed E-state index contributed by atoms with van der Waals surface area (Å²) in [7, 11) is 0. The lowest BCUT2D eigenvalue weighted by atomic mass is 10.00. The van der Waals surface area contributed by atoms with Gasteiger partial charge in [0.15, 0.2) is 0 Å². The Labute approximate surface area is 118 Å². The van der Waals surface area contributed by atoms with Crippen LogP contribution in [0, 0.1) is 25.2 Å². The number of nitrogens with two attached hydrogens (primary N) is 1. The lowest BCUT2D eigenvalue weighted by Crippen LogP contribution is -2.06. The quantitative estimate of drug-likeness (QED) is 0.920. The second-order valence-corrected chi connectivity index (χ2v) is 5.03. The van der Waals surface area contributed by atoms with Crippen molar-refractivity contribution in [2.45, 2.75) is 33.8 Å². The molecule has 20 heavy (non-hydrogen) atoms. The molecule has 0 saturated heterocycles. The van der Waals surface area contributed by atoms with Crippen LogP contribution in [0.15, 0.2) is 22.6 Å². The highest BCUT2D eigenvalue weighted by Crippen LogP contribution is 2.35. The molecule has 1 heterocycles. The summed E-state index contributed by atoms with van der Waals surface area (Å²) in [6.07, 6.45) is 0.125. The van der Waals surface area contributed by atoms with Crippen LogP contribution >= 0.6 is 0 Å². The van der Waals surface area contributed by atoms with Gasteiger partial charge in [-0.25, -0.2) is 0 Å². The van der Waals surface area contributed by atoms with E-state index < -0.39 is 0 Å². The lowest BCUT2D eigenvalue weighted by molar-refractivity contribution is 0.241. The fraction of sp³-hybridized carbons (Fsp3) is 0.312. The number of anilines is 1. The first-order valence-electron chi connectivity index (χ1n) is 6.50. The summed E-state index contributed by atoms with van der Waals surface area (Å²) in [6, 6.07) is 7.91. The van der Waals surface area contributed by atoms with Gasteiger partial charge in [0.25, 0.3) is 0 Å². The van der Waals surface area contributed by atoms with Crippen molar-refractivity contribution in [3.05, 3.63) is 35.1 Å². The normalized spacial score (nSPS) is 10.6. The first-order valence-corrected chi connectivity index (χ1v) is 6.50. The molecule has 0 saturated carbocycles. The molecule has 2 rings (SSSR count). The summed E-state index contributed by atoms with van der Waals surface area (Å²) in [4.78, 5) is 0. The molecule has 0 aliphatic rings. The fourth-order valence-electron chi connectivity index (χ4n) is 2.22. The molecular weight excluding hydrogens is 252 g/mol. The SMILES string of the molecule is Cc1cc(-c2c(C)oc(N)c2C#N)ccc1OC(C)C. The second-order valence-electron chi connectivity index (χ2n) is 5.03. The first-order chi connectivity index (χ1) is 9.43. The average molecular weight is 270 g/mol. The molecule has 4 nitrogen and oxygen atoms in total. The topological polar surface area (TPSA) is 72.2 Å². The largest absolute Gasteiger partial charge is 0.491 e. The van der Waals surface area contributed by atoms with Crippen molar-refractivity contribution >= 4 is 5.88 Å². The Morgan fingerprint density at radius 1 is 1.30 bits per heavy atom. The fourth-order valence-corrected chi connectivity index (χ4v) is 2.22. The molecule has 0 radical (unpaired) electrons. The average Bonchev–Trinajstić information content (AvgIpc) is 2.65. The van der Waals surface area contributed by atoms with Crippen LogP contribution < -0.4 is 10.5 Å². The Hall–Kier alpha value is -2.41. The number of nitrogens with zero attached hydrogens (tertiary/aromatic N) is 1. The summed E-state index contributed by atoms with van der Waals surface area (Å²) in [6.45, 7) is 7.76. The van der Waals surface area contributed by atoms with Gasteiger partial charge in [0.1, 0.15) is 23.1 Å². The molecule has 104 valence electrons. The molecule has 0 unspecified atom stereocenters. The first kappa shape index (κ1) is 14.0. The maximum absolute atomic E-state index is 9.20. The van der Waals surface area contributed by atoms with E-state index in [9.17, 15) is 5.26 Å². The third kappa shape index (κ3) is 2.48. The van der Waals surface area contributed by atoms with Gasteiger partial charge in [-0.2, -0.15) is 5.26 Å². The number of hydrogen-bond acceptors (Lipinski definition) is 4. The summed E-state index contributed by atoms with van der Waals surface area (Å²) in [5.41, 5.74) is 8.78. The van der Waals surface area contributed by atoms with Gasteiger partial charge in [-0.15, -0.1) is 0 Å². The van der Waals surface area contributed by atoms with Crippen molar-refractivity contribution in [2.75, 3.05) is 5.73 Å². The smallest absolute Gasteiger partial charge is 0.209 e. The van der Waals surface area contributed by atoms with Crippen LogP contribution in [0.25, 0.3) is 11.1 Å². The molecule has 1 aromatic heterocycles. The van der Waals surface area contributed by atoms with Crippen molar-refractivity contribution in [1.29, 1.82) is 5.26 Å². The number of nitrogen functional groups attached to an aromatic ring is 1. The van der Waals surface area contributed by atoms with Gasteiger partial charge >= 0.3 is 0 Å². The third-order valence-electron chi connectivity index (χ3n) is 3.05. The predicted octanol–water partition coefficient (Wildman–Crippen LogP) is 3.80. The third-order valence-corrected chi connectivity index (χ3v) is 3.05. The van der Waals surface area contributed by atoms with Gasteiger partial charge < -0.3 is 14.9 Å². The Bertz CT molecular complexity index is 679. The van der Waals surface area contributed by atoms with Gasteiger partial charge in [-0.05, 0) is 51.0 Å². The Morgan fingerprint density at radius 3 is 2.55 bits per heavy atom. The van der Waals surface area contributed by atoms with Crippen LogP contribution in [0.3, 0.4) is 0 Å². The van der Waals surface area contributed by atoms with Crippen molar-refractivity contribution < 1.29 is 9.15 Å². The summed E-state index contributed by atoms with van der Waals surface area (Å²) >= 11 is 0. The number of furan rings is 1. The van der Waals surface area contributed by atoms with E-state index >= 15 is 0 Å². The highest BCUT2D eigenvalue weighted by molar-refractivity contribution is 5.78. The minimum Gasteiger partial charge on any atom is -0.491 e. The minimum absolute atomic E-state index is 0.125. The number of aryl methyl sites for hydroxylation is 2. The summed E-state index contributed by atoms with van der Waals surface area (Å²) in [5.74, 6) is 1.66. The van der Waals surface area contributed by atoms with E-state index in [1.165, 1.54) is 0 Å². The highest BCUT2D eigenvalue weighted by atomic mass is 16.5. The Kier molecular flexibility index (Phi) is 3.71. The number of rotatable bonds is 3. The maximum atomic E-state index is 9.20. The maximum Gasteiger partial charge on any atom is 0.209 e. The van der Waals surface area contributed by atoms with Gasteiger partial charge in [0.05, 0.1) is 6.10 Å². The molecule has 0 spiro atoms. The lowest BCUT2D eigenvalue weighted by Gasteiger charge is -2.13. The molecule has 0 atom stereocenters. The predicted molar refractivity (Wildman–Crippen MR) is 78.5 cm³/mol. The number of benzene rings is 1. The van der Waals surface area contributed by atoms with Crippen molar-refractivity contribution in [3.8, 4) is 22.9 Å². The van der Waals surface area contributed by atoms with Gasteiger partial charge in [-0.1, -0.05) is 6.07 Å². The zero-order valence-corrected chi connectivity index (χ0v) is 12.2. The van der Waals surface area contributed by atoms with Gasteiger partial charge in [0, 0.05) is 5.56 Å². The number of nitriles is 1. The van der Waals surface area contributed by atoms with E-state index in [2.05, 4.69) is 6.07 Å². The van der Waals surface area contributed by atoms with Crippen LogP contribution in [0.4, 0.5) is 5.88 Å². The van der Waals surface area contributed by atoms with Crippen molar-refractivity contribution in [1.82, 2.24) is 0 Å². The van der Waals surface area contributed by atoms with Crippen LogP contribution in [0.1, 0.15) is 30.7 Å². The molecule has 1 aromatic carbocycles. The molecule has 2 N–H and O–H groups in total. The highest BCUT2D eigenvalue weighted by Gasteiger charge is 2.18. The Balaban J connectivity index is 2.50. The number of hydrogen-bond donors (Lipinski definition) is 1.